The molecule has 10 atom stereocenters. The molecule has 0 spiro atoms. The van der Waals surface area contributed by atoms with Crippen LogP contribution >= 0.6 is 0 Å². The van der Waals surface area contributed by atoms with Crippen molar-refractivity contribution in [2.45, 2.75) is 81.7 Å². The fraction of sp³-hybridized carbons (Fsp3) is 0.552. The summed E-state index contributed by atoms with van der Waals surface area (Å²) < 4.78 is 48.0. The lowest BCUT2D eigenvalue weighted by atomic mass is 9.84. The van der Waals surface area contributed by atoms with Crippen molar-refractivity contribution in [1.82, 2.24) is 0 Å². The molecule has 4 fully saturated rings. The van der Waals surface area contributed by atoms with E-state index in [1.165, 1.54) is 7.11 Å². The van der Waals surface area contributed by atoms with E-state index in [2.05, 4.69) is 0 Å². The summed E-state index contributed by atoms with van der Waals surface area (Å²) in [5, 5.41) is 11.7. The van der Waals surface area contributed by atoms with Gasteiger partial charge in [-0.2, -0.15) is 0 Å². The number of aliphatic hydroxyl groups is 1. The van der Waals surface area contributed by atoms with Crippen LogP contribution in [0, 0.1) is 5.92 Å². The number of ketones is 1. The molecule has 4 aliphatic heterocycles. The number of aliphatic hydroxyl groups excluding tert-OH is 1. The lowest BCUT2D eigenvalue weighted by Crippen LogP contribution is -2.62. The number of carbonyl (C=O) groups excluding carboxylic acids is 1. The van der Waals surface area contributed by atoms with Crippen LogP contribution in [-0.4, -0.2) is 79.6 Å². The van der Waals surface area contributed by atoms with E-state index < -0.39 is 67.2 Å². The number of rotatable bonds is 7. The molecule has 0 unspecified atom stereocenters. The third kappa shape index (κ3) is 5.29. The van der Waals surface area contributed by atoms with Gasteiger partial charge in [-0.05, 0) is 19.4 Å². The average Bonchev–Trinajstić information content (AvgIpc) is 3.43. The number of fused-ring (bicyclic) bond motifs is 2. The lowest BCUT2D eigenvalue weighted by Gasteiger charge is -2.45. The van der Waals surface area contributed by atoms with E-state index in [9.17, 15) is 9.90 Å². The van der Waals surface area contributed by atoms with Gasteiger partial charge in [0.15, 0.2) is 30.4 Å². The van der Waals surface area contributed by atoms with Crippen LogP contribution in [0.3, 0.4) is 0 Å². The highest BCUT2D eigenvalue weighted by molar-refractivity contribution is 5.88. The first-order valence-electron chi connectivity index (χ1n) is 13.2. The van der Waals surface area contributed by atoms with Crippen molar-refractivity contribution in [3.8, 4) is 0 Å². The summed E-state index contributed by atoms with van der Waals surface area (Å²) in [6.07, 6.45) is -7.78. The first-order valence-corrected chi connectivity index (χ1v) is 13.2. The van der Waals surface area contributed by atoms with Gasteiger partial charge >= 0.3 is 0 Å². The Hall–Kier alpha value is -2.25. The number of Topliss-reactive ketones (excluding diaryl/α,β-unsaturated/α-hetero) is 1. The molecular formula is C29H34O10. The molecule has 0 aliphatic carbocycles. The molecule has 2 aromatic carbocycles. The first-order chi connectivity index (χ1) is 18.8. The monoisotopic (exact) mass is 542 g/mol. The summed E-state index contributed by atoms with van der Waals surface area (Å²) in [5.41, 5.74) is 1.73. The van der Waals surface area contributed by atoms with Gasteiger partial charge in [-0.25, -0.2) is 0 Å². The standard InChI is InChI=1S/C29H34O10/c1-29(2)38-25-24(33-14-16-10-6-4-7-11-16)23(37-28(25)39-29)21(31)19-20(30)22-18(35-27(19)32-3)15-34-26(36-22)17-12-8-5-9-13-17/h4-13,18-19,21-28,31H,14-15H2,1-3H3/t18-,19-,21+,22-,23-,24-,25-,26-,27+,28-/m1/s1. The maximum absolute atomic E-state index is 13.9. The largest absolute Gasteiger partial charge is 0.389 e. The van der Waals surface area contributed by atoms with Crippen molar-refractivity contribution in [3.05, 3.63) is 71.8 Å². The highest BCUT2D eigenvalue weighted by atomic mass is 16.8. The van der Waals surface area contributed by atoms with E-state index in [0.29, 0.717) is 0 Å². The number of hydrogen-bond acceptors (Lipinski definition) is 10. The van der Waals surface area contributed by atoms with Crippen LogP contribution in [0.25, 0.3) is 0 Å². The molecule has 4 heterocycles. The van der Waals surface area contributed by atoms with Crippen LogP contribution in [0.15, 0.2) is 60.7 Å². The molecule has 0 saturated carbocycles. The predicted molar refractivity (Wildman–Crippen MR) is 134 cm³/mol. The third-order valence-electron chi connectivity index (χ3n) is 7.55. The highest BCUT2D eigenvalue weighted by Gasteiger charge is 2.61. The van der Waals surface area contributed by atoms with E-state index in [-0.39, 0.29) is 19.0 Å². The number of carbonyl (C=O) groups is 1. The molecule has 6 rings (SSSR count). The Labute approximate surface area is 227 Å². The fourth-order valence-electron chi connectivity index (χ4n) is 5.73. The van der Waals surface area contributed by atoms with Crippen LogP contribution in [0.2, 0.25) is 0 Å². The summed E-state index contributed by atoms with van der Waals surface area (Å²) >= 11 is 0. The summed E-state index contributed by atoms with van der Waals surface area (Å²) in [4.78, 5) is 13.9. The topological polar surface area (TPSA) is 111 Å². The Balaban J connectivity index is 1.23. The number of hydrogen-bond donors (Lipinski definition) is 1. The van der Waals surface area contributed by atoms with Crippen molar-refractivity contribution < 1.29 is 47.8 Å². The molecule has 4 saturated heterocycles. The minimum Gasteiger partial charge on any atom is -0.389 e. The molecule has 210 valence electrons. The molecule has 0 amide bonds. The normalized spacial score (nSPS) is 38.3. The van der Waals surface area contributed by atoms with Crippen molar-refractivity contribution in [2.24, 2.45) is 5.92 Å². The maximum atomic E-state index is 13.9. The van der Waals surface area contributed by atoms with Crippen LogP contribution in [0.5, 0.6) is 0 Å². The van der Waals surface area contributed by atoms with E-state index in [1.54, 1.807) is 13.8 Å². The van der Waals surface area contributed by atoms with E-state index in [4.69, 9.17) is 37.9 Å². The van der Waals surface area contributed by atoms with Gasteiger partial charge < -0.3 is 43.0 Å². The zero-order chi connectivity index (χ0) is 27.1. The van der Waals surface area contributed by atoms with Gasteiger partial charge in [0, 0.05) is 12.7 Å². The van der Waals surface area contributed by atoms with Crippen LogP contribution in [0.4, 0.5) is 0 Å². The second-order valence-electron chi connectivity index (χ2n) is 10.7. The second-order valence-corrected chi connectivity index (χ2v) is 10.7. The Morgan fingerprint density at radius 3 is 2.44 bits per heavy atom. The summed E-state index contributed by atoms with van der Waals surface area (Å²) in [7, 11) is 1.43. The molecule has 1 N–H and O–H groups in total. The SMILES string of the molecule is CO[C@H]1O[C@@H]2CO[C@@H](c3ccccc3)O[C@H]2C(=O)[C@@H]1[C@H](O)[C@H]1O[C@@H]2OC(C)(C)O[C@@H]2[C@@H]1OCc1ccccc1. The minimum absolute atomic E-state index is 0.141. The second kappa shape index (κ2) is 11.0. The first kappa shape index (κ1) is 26.9. The van der Waals surface area contributed by atoms with Gasteiger partial charge in [-0.1, -0.05) is 60.7 Å². The average molecular weight is 543 g/mol. The van der Waals surface area contributed by atoms with Crippen LogP contribution in [0.1, 0.15) is 31.3 Å². The molecule has 0 radical (unpaired) electrons. The lowest BCUT2D eigenvalue weighted by molar-refractivity contribution is -0.318. The van der Waals surface area contributed by atoms with Crippen molar-refractivity contribution in [2.75, 3.05) is 13.7 Å². The van der Waals surface area contributed by atoms with E-state index in [0.717, 1.165) is 11.1 Å². The zero-order valence-electron chi connectivity index (χ0n) is 22.1. The number of ether oxygens (including phenoxy) is 8. The van der Waals surface area contributed by atoms with Gasteiger partial charge in [-0.3, -0.25) is 4.79 Å². The van der Waals surface area contributed by atoms with Gasteiger partial charge in [0.05, 0.1) is 19.3 Å². The third-order valence-corrected chi connectivity index (χ3v) is 7.55. The van der Waals surface area contributed by atoms with Gasteiger partial charge in [0.1, 0.15) is 36.4 Å². The van der Waals surface area contributed by atoms with Crippen molar-refractivity contribution in [1.29, 1.82) is 0 Å². The van der Waals surface area contributed by atoms with Gasteiger partial charge in [0.25, 0.3) is 0 Å². The fourth-order valence-corrected chi connectivity index (χ4v) is 5.73. The number of methoxy groups -OCH3 is 1. The van der Waals surface area contributed by atoms with Crippen LogP contribution < -0.4 is 0 Å². The Morgan fingerprint density at radius 2 is 1.72 bits per heavy atom. The summed E-state index contributed by atoms with van der Waals surface area (Å²) in [6.45, 7) is 3.99. The maximum Gasteiger partial charge on any atom is 0.190 e. The van der Waals surface area contributed by atoms with E-state index in [1.807, 2.05) is 60.7 Å². The molecule has 0 aromatic heterocycles. The quantitative estimate of drug-likeness (QED) is 0.560. The predicted octanol–water partition coefficient (Wildman–Crippen LogP) is 2.48. The summed E-state index contributed by atoms with van der Waals surface area (Å²) in [6, 6.07) is 19.0. The zero-order valence-corrected chi connectivity index (χ0v) is 22.1. The molecular weight excluding hydrogens is 508 g/mol. The summed E-state index contributed by atoms with van der Waals surface area (Å²) in [5.74, 6) is -2.33. The van der Waals surface area contributed by atoms with Crippen molar-refractivity contribution in [3.63, 3.8) is 0 Å². The Bertz CT molecular complexity index is 1130. The molecule has 10 nitrogen and oxygen atoms in total. The molecule has 39 heavy (non-hydrogen) atoms. The highest BCUT2D eigenvalue weighted by Crippen LogP contribution is 2.43. The molecule has 10 heteroatoms. The Morgan fingerprint density at radius 1 is 1.00 bits per heavy atom. The Kier molecular flexibility index (Phi) is 7.58. The minimum atomic E-state index is -1.35. The van der Waals surface area contributed by atoms with Gasteiger partial charge in [-0.15, -0.1) is 0 Å². The van der Waals surface area contributed by atoms with Gasteiger partial charge in [0.2, 0.25) is 0 Å². The molecule has 4 aliphatic rings. The number of benzene rings is 2. The van der Waals surface area contributed by atoms with E-state index >= 15 is 0 Å². The smallest absolute Gasteiger partial charge is 0.190 e. The molecule has 2 aromatic rings. The van der Waals surface area contributed by atoms with Crippen molar-refractivity contribution >= 4 is 5.78 Å². The molecule has 0 bridgehead atoms. The van der Waals surface area contributed by atoms with Crippen LogP contribution in [-0.2, 0) is 49.3 Å².